The number of benzene rings is 7. The third-order valence-corrected chi connectivity index (χ3v) is 12.5. The molecular weight excluding hydrogens is 757 g/mol. The van der Waals surface area contributed by atoms with Gasteiger partial charge in [0.2, 0.25) is 0 Å². The van der Waals surface area contributed by atoms with Crippen LogP contribution in [0.1, 0.15) is 36.1 Å². The molecule has 0 spiro atoms. The summed E-state index contributed by atoms with van der Waals surface area (Å²) in [6.07, 6.45) is 19.2. The molecule has 0 N–H and O–H groups in total. The van der Waals surface area contributed by atoms with Crippen LogP contribution in [-0.4, -0.2) is 19.5 Å². The van der Waals surface area contributed by atoms with E-state index in [9.17, 15) is 0 Å². The quantitative estimate of drug-likeness (QED) is 0.161. The van der Waals surface area contributed by atoms with Gasteiger partial charge in [-0.15, -0.1) is 0 Å². The Bertz CT molecular complexity index is 3480. The second-order valence-electron chi connectivity index (χ2n) is 16.2. The molecule has 10 aromatic rings. The molecule has 0 fully saturated rings. The van der Waals surface area contributed by atoms with Crippen molar-refractivity contribution in [2.45, 2.75) is 24.7 Å². The van der Waals surface area contributed by atoms with Gasteiger partial charge in [0.15, 0.2) is 11.6 Å². The van der Waals surface area contributed by atoms with Crippen LogP contribution in [0.15, 0.2) is 211 Å². The summed E-state index contributed by atoms with van der Waals surface area (Å²) in [5.74, 6) is 2.15. The highest BCUT2D eigenvalue weighted by atomic mass is 16.3. The largest absolute Gasteiger partial charge is 0.456 e. The van der Waals surface area contributed by atoms with Gasteiger partial charge in [-0.2, -0.15) is 0 Å². The molecule has 2 aliphatic rings. The predicted octanol–water partition coefficient (Wildman–Crippen LogP) is 14.7. The van der Waals surface area contributed by atoms with E-state index in [1.165, 1.54) is 27.5 Å². The fourth-order valence-electron chi connectivity index (χ4n) is 9.44. The van der Waals surface area contributed by atoms with E-state index in [0.29, 0.717) is 11.6 Å². The number of furan rings is 1. The molecule has 0 saturated heterocycles. The van der Waals surface area contributed by atoms with Gasteiger partial charge < -0.3 is 8.98 Å². The maximum Gasteiger partial charge on any atom is 0.163 e. The van der Waals surface area contributed by atoms with E-state index in [4.69, 9.17) is 19.4 Å². The Morgan fingerprint density at radius 2 is 1.08 bits per heavy atom. The molecule has 12 rings (SSSR count). The second kappa shape index (κ2) is 15.0. The van der Waals surface area contributed by atoms with Crippen LogP contribution in [0.5, 0.6) is 0 Å². The molecule has 1 unspecified atom stereocenters. The Balaban J connectivity index is 1.12. The van der Waals surface area contributed by atoms with Crippen molar-refractivity contribution < 1.29 is 4.42 Å². The number of nitrogens with zero attached hydrogens (tertiary/aromatic N) is 4. The molecule has 0 radical (unpaired) electrons. The molecule has 2 aliphatic carbocycles. The van der Waals surface area contributed by atoms with E-state index >= 15 is 0 Å². The number of hydrogen-bond acceptors (Lipinski definition) is 4. The molecule has 62 heavy (non-hydrogen) atoms. The molecule has 7 aromatic carbocycles. The molecule has 294 valence electrons. The molecule has 0 amide bonds. The zero-order valence-electron chi connectivity index (χ0n) is 33.9. The van der Waals surface area contributed by atoms with Gasteiger partial charge in [-0.25, -0.2) is 15.0 Å². The van der Waals surface area contributed by atoms with Crippen LogP contribution < -0.4 is 0 Å². The van der Waals surface area contributed by atoms with Gasteiger partial charge in [-0.3, -0.25) is 0 Å². The lowest BCUT2D eigenvalue weighted by atomic mass is 9.86. The number of hydrogen-bond donors (Lipinski definition) is 0. The summed E-state index contributed by atoms with van der Waals surface area (Å²) in [5, 5.41) is 4.61. The first-order valence-electron chi connectivity index (χ1n) is 21.4. The lowest BCUT2D eigenvalue weighted by Gasteiger charge is -2.25. The third kappa shape index (κ3) is 6.21. The highest BCUT2D eigenvalue weighted by molar-refractivity contribution is 6.11. The molecule has 5 nitrogen and oxygen atoms in total. The molecule has 0 aliphatic heterocycles. The van der Waals surface area contributed by atoms with E-state index in [-0.39, 0.29) is 11.8 Å². The molecule has 2 atom stereocenters. The van der Waals surface area contributed by atoms with Gasteiger partial charge >= 0.3 is 0 Å². The van der Waals surface area contributed by atoms with E-state index in [1.54, 1.807) is 0 Å². The molecule has 3 heterocycles. The van der Waals surface area contributed by atoms with Gasteiger partial charge in [0.05, 0.1) is 16.7 Å². The van der Waals surface area contributed by atoms with Crippen molar-refractivity contribution >= 4 is 43.7 Å². The average molecular weight is 797 g/mol. The van der Waals surface area contributed by atoms with Crippen LogP contribution in [0.4, 0.5) is 0 Å². The lowest BCUT2D eigenvalue weighted by molar-refractivity contribution is 0.669. The van der Waals surface area contributed by atoms with Gasteiger partial charge in [0.25, 0.3) is 0 Å². The molecule has 5 heteroatoms. The van der Waals surface area contributed by atoms with Crippen LogP contribution in [0, 0.1) is 0 Å². The SMILES string of the molecule is C1=CCC(c2cc(-c3nc(-c4ccc5c(c4)oc4ccccc45)nc([C@@H]4C=CC=CC4)n3)cc(-c3ccccc3)c2-n2c3ccccc3c3cc(-c4ccccc4)ccc32)C=C1. The standard InChI is InChI=1S/C57H40N4O/c1-5-17-37(18-6-1)41-30-32-51-49(33-41)44-25-13-15-27-50(44)61(51)54-47(38-19-7-2-8-20-38)34-43(35-48(54)39-21-9-3-10-22-39)57-59-55(40-23-11-4-12-24-40)58-56(60-57)42-29-31-46-45-26-14-16-28-52(45)62-53(46)36-42/h1-21,23,25-36,39-40H,22,24H2/t39?,40-/m1/s1. The van der Waals surface area contributed by atoms with E-state index < -0.39 is 0 Å². The topological polar surface area (TPSA) is 56.7 Å². The highest BCUT2D eigenvalue weighted by Crippen LogP contribution is 2.45. The van der Waals surface area contributed by atoms with Crippen molar-refractivity contribution in [1.29, 1.82) is 0 Å². The maximum absolute atomic E-state index is 6.36. The first-order valence-corrected chi connectivity index (χ1v) is 21.4. The number of allylic oxidation sites excluding steroid dienone is 8. The minimum atomic E-state index is 0.0209. The minimum Gasteiger partial charge on any atom is -0.456 e. The number of fused-ring (bicyclic) bond motifs is 6. The van der Waals surface area contributed by atoms with E-state index in [1.807, 2.05) is 18.2 Å². The zero-order chi connectivity index (χ0) is 41.0. The monoisotopic (exact) mass is 796 g/mol. The fourth-order valence-corrected chi connectivity index (χ4v) is 9.44. The smallest absolute Gasteiger partial charge is 0.163 e. The summed E-state index contributed by atoms with van der Waals surface area (Å²) in [6, 6.07) is 56.3. The van der Waals surface area contributed by atoms with Crippen molar-refractivity contribution in [3.63, 3.8) is 0 Å². The maximum atomic E-state index is 6.36. The summed E-state index contributed by atoms with van der Waals surface area (Å²) in [5.41, 5.74) is 12.8. The van der Waals surface area contributed by atoms with Gasteiger partial charge in [-0.05, 0) is 83.6 Å². The molecule has 0 saturated carbocycles. The summed E-state index contributed by atoms with van der Waals surface area (Å²) in [6.45, 7) is 0. The molecule has 3 aromatic heterocycles. The van der Waals surface area contributed by atoms with Crippen LogP contribution >= 0.6 is 0 Å². The van der Waals surface area contributed by atoms with Crippen molar-refractivity contribution in [1.82, 2.24) is 19.5 Å². The Kier molecular flexibility index (Phi) is 8.70. The second-order valence-corrected chi connectivity index (χ2v) is 16.2. The summed E-state index contributed by atoms with van der Waals surface area (Å²) >= 11 is 0. The molecular formula is C57H40N4O. The lowest BCUT2D eigenvalue weighted by Crippen LogP contribution is -2.10. The minimum absolute atomic E-state index is 0.0209. The van der Waals surface area contributed by atoms with Crippen LogP contribution in [0.2, 0.25) is 0 Å². The predicted molar refractivity (Wildman–Crippen MR) is 254 cm³/mol. The van der Waals surface area contributed by atoms with Crippen LogP contribution in [-0.2, 0) is 0 Å². The average Bonchev–Trinajstić information content (AvgIpc) is 3.89. The van der Waals surface area contributed by atoms with Crippen LogP contribution in [0.25, 0.3) is 94.5 Å². The summed E-state index contributed by atoms with van der Waals surface area (Å²) in [7, 11) is 0. The van der Waals surface area contributed by atoms with E-state index in [2.05, 4.69) is 193 Å². The fraction of sp³-hybridized carbons (Fsp3) is 0.0702. The van der Waals surface area contributed by atoms with Crippen molar-refractivity contribution in [2.75, 3.05) is 0 Å². The van der Waals surface area contributed by atoms with Gasteiger partial charge in [0.1, 0.15) is 17.0 Å². The highest BCUT2D eigenvalue weighted by Gasteiger charge is 2.26. The summed E-state index contributed by atoms with van der Waals surface area (Å²) < 4.78 is 8.86. The third-order valence-electron chi connectivity index (χ3n) is 12.5. The van der Waals surface area contributed by atoms with E-state index in [0.717, 1.165) is 79.6 Å². The Hall–Kier alpha value is -7.89. The van der Waals surface area contributed by atoms with Crippen molar-refractivity contribution in [2.24, 2.45) is 0 Å². The Morgan fingerprint density at radius 3 is 1.85 bits per heavy atom. The Morgan fingerprint density at radius 1 is 0.435 bits per heavy atom. The molecule has 0 bridgehead atoms. The zero-order valence-corrected chi connectivity index (χ0v) is 33.9. The first kappa shape index (κ1) is 36.0. The normalized spacial score (nSPS) is 16.0. The number of rotatable bonds is 7. The van der Waals surface area contributed by atoms with Gasteiger partial charge in [-0.1, -0.05) is 158 Å². The van der Waals surface area contributed by atoms with Crippen molar-refractivity contribution in [3.8, 4) is 50.7 Å². The number of para-hydroxylation sites is 2. The van der Waals surface area contributed by atoms with Crippen LogP contribution in [0.3, 0.4) is 0 Å². The Labute approximate surface area is 359 Å². The summed E-state index contributed by atoms with van der Waals surface area (Å²) in [4.78, 5) is 15.9. The van der Waals surface area contributed by atoms with Gasteiger partial charge in [0, 0.05) is 50.1 Å². The first-order chi connectivity index (χ1) is 30.7. The number of aromatic nitrogens is 4. The van der Waals surface area contributed by atoms with Crippen molar-refractivity contribution in [3.05, 3.63) is 218 Å².